The Balaban J connectivity index is 3.36. The fraction of sp³-hybridized carbons (Fsp3) is 0.500. The van der Waals surface area contributed by atoms with E-state index >= 15 is 0 Å². The molecule has 17 heavy (non-hydrogen) atoms. The molecule has 5 N–H and O–H groups in total. The number of hydrogen-bond acceptors (Lipinski definition) is 5. The van der Waals surface area contributed by atoms with Crippen LogP contribution in [-0.2, 0) is 6.42 Å². The largest absolute Gasteiger partial charge is 0.504 e. The number of rotatable bonds is 4. The Labute approximate surface area is 100 Å². The monoisotopic (exact) mass is 241 g/mol. The van der Waals surface area contributed by atoms with Crippen molar-refractivity contribution in [2.75, 3.05) is 6.54 Å². The van der Waals surface area contributed by atoms with Crippen molar-refractivity contribution in [3.8, 4) is 23.0 Å². The number of nitrogens with two attached hydrogens (primary N) is 1. The zero-order valence-electron chi connectivity index (χ0n) is 10.3. The molecule has 0 amide bonds. The van der Waals surface area contributed by atoms with Gasteiger partial charge in [-0.15, -0.1) is 0 Å². The molecule has 1 atom stereocenters. The summed E-state index contributed by atoms with van der Waals surface area (Å²) in [7, 11) is 0. The van der Waals surface area contributed by atoms with E-state index in [1.165, 1.54) is 6.92 Å². The second-order valence-corrected chi connectivity index (χ2v) is 4.00. The fourth-order valence-electron chi connectivity index (χ4n) is 1.56. The van der Waals surface area contributed by atoms with Crippen LogP contribution in [0, 0.1) is 6.92 Å². The minimum Gasteiger partial charge on any atom is -0.504 e. The lowest BCUT2D eigenvalue weighted by Crippen LogP contribution is -2.23. The van der Waals surface area contributed by atoms with Crippen molar-refractivity contribution in [3.63, 3.8) is 0 Å². The van der Waals surface area contributed by atoms with Crippen LogP contribution in [-0.4, -0.2) is 28.0 Å². The molecule has 96 valence electrons. The van der Waals surface area contributed by atoms with Crippen LogP contribution in [0.25, 0.3) is 0 Å². The Morgan fingerprint density at radius 3 is 2.24 bits per heavy atom. The standard InChI is InChI=1S/C12H19NO4/c1-4-8-11(16)9(14)7(3)10(15)12(8)17-6(2)5-13/h6,14-16H,4-5,13H2,1-3H3. The van der Waals surface area contributed by atoms with Crippen molar-refractivity contribution in [1.29, 1.82) is 0 Å². The van der Waals surface area contributed by atoms with Crippen LogP contribution in [0.15, 0.2) is 0 Å². The van der Waals surface area contributed by atoms with Gasteiger partial charge in [-0.3, -0.25) is 0 Å². The third-order valence-electron chi connectivity index (χ3n) is 2.71. The molecule has 1 rings (SSSR count). The van der Waals surface area contributed by atoms with E-state index < -0.39 is 0 Å². The topological polar surface area (TPSA) is 95.9 Å². The summed E-state index contributed by atoms with van der Waals surface area (Å²) in [5, 5.41) is 29.3. The van der Waals surface area contributed by atoms with Crippen molar-refractivity contribution in [3.05, 3.63) is 11.1 Å². The molecule has 0 bridgehead atoms. The Morgan fingerprint density at radius 1 is 1.18 bits per heavy atom. The van der Waals surface area contributed by atoms with E-state index in [2.05, 4.69) is 0 Å². The van der Waals surface area contributed by atoms with Crippen molar-refractivity contribution in [1.82, 2.24) is 0 Å². The molecule has 0 aliphatic carbocycles. The highest BCUT2D eigenvalue weighted by molar-refractivity contribution is 5.64. The third-order valence-corrected chi connectivity index (χ3v) is 2.71. The highest BCUT2D eigenvalue weighted by Gasteiger charge is 2.22. The minimum atomic E-state index is -0.313. The van der Waals surface area contributed by atoms with Crippen LogP contribution in [0.1, 0.15) is 25.0 Å². The van der Waals surface area contributed by atoms with E-state index in [9.17, 15) is 15.3 Å². The summed E-state index contributed by atoms with van der Waals surface area (Å²) in [5.41, 5.74) is 6.02. The molecule has 0 saturated carbocycles. The van der Waals surface area contributed by atoms with Crippen molar-refractivity contribution in [2.45, 2.75) is 33.3 Å². The highest BCUT2D eigenvalue weighted by Crippen LogP contribution is 2.46. The Kier molecular flexibility index (Phi) is 4.07. The van der Waals surface area contributed by atoms with Gasteiger partial charge in [0.05, 0.1) is 0 Å². The normalized spacial score (nSPS) is 12.5. The molecule has 0 fully saturated rings. The van der Waals surface area contributed by atoms with Crippen LogP contribution in [0.3, 0.4) is 0 Å². The number of aromatic hydroxyl groups is 3. The third kappa shape index (κ3) is 2.39. The molecule has 5 nitrogen and oxygen atoms in total. The molecule has 0 aliphatic rings. The van der Waals surface area contributed by atoms with Gasteiger partial charge in [-0.2, -0.15) is 0 Å². The first-order valence-electron chi connectivity index (χ1n) is 5.57. The van der Waals surface area contributed by atoms with Crippen LogP contribution < -0.4 is 10.5 Å². The molecule has 1 unspecified atom stereocenters. The van der Waals surface area contributed by atoms with Crippen molar-refractivity contribution >= 4 is 0 Å². The van der Waals surface area contributed by atoms with Gasteiger partial charge in [0.2, 0.25) is 0 Å². The minimum absolute atomic E-state index is 0.155. The molecule has 0 aromatic heterocycles. The lowest BCUT2D eigenvalue weighted by molar-refractivity contribution is 0.215. The van der Waals surface area contributed by atoms with Gasteiger partial charge >= 0.3 is 0 Å². The summed E-state index contributed by atoms with van der Waals surface area (Å²) in [6.45, 7) is 5.36. The van der Waals surface area contributed by atoms with Gasteiger partial charge in [0.25, 0.3) is 0 Å². The maximum Gasteiger partial charge on any atom is 0.168 e. The first-order valence-corrected chi connectivity index (χ1v) is 5.57. The summed E-state index contributed by atoms with van der Waals surface area (Å²) in [5.74, 6) is -0.523. The van der Waals surface area contributed by atoms with E-state index in [1.54, 1.807) is 13.8 Å². The van der Waals surface area contributed by atoms with E-state index in [0.717, 1.165) is 0 Å². The molecule has 5 heteroatoms. The summed E-state index contributed by atoms with van der Waals surface area (Å²) >= 11 is 0. The Morgan fingerprint density at radius 2 is 1.76 bits per heavy atom. The molecular weight excluding hydrogens is 222 g/mol. The average molecular weight is 241 g/mol. The zero-order chi connectivity index (χ0) is 13.2. The SMILES string of the molecule is CCc1c(O)c(O)c(C)c(O)c1OC(C)CN. The lowest BCUT2D eigenvalue weighted by Gasteiger charge is -2.19. The first kappa shape index (κ1) is 13.4. The van der Waals surface area contributed by atoms with Gasteiger partial charge in [-0.05, 0) is 20.3 Å². The summed E-state index contributed by atoms with van der Waals surface area (Å²) in [6, 6.07) is 0. The van der Waals surface area contributed by atoms with Crippen molar-refractivity contribution in [2.24, 2.45) is 5.73 Å². The quantitative estimate of drug-likeness (QED) is 0.472. The molecule has 1 aromatic rings. The van der Waals surface area contributed by atoms with Gasteiger partial charge in [0.1, 0.15) is 6.10 Å². The number of ether oxygens (including phenoxy) is 1. The van der Waals surface area contributed by atoms with E-state index in [0.29, 0.717) is 18.5 Å². The molecule has 0 saturated heterocycles. The van der Waals surface area contributed by atoms with Gasteiger partial charge in [0, 0.05) is 17.7 Å². The Bertz CT molecular complexity index is 418. The van der Waals surface area contributed by atoms with Crippen LogP contribution >= 0.6 is 0 Å². The summed E-state index contributed by atoms with van der Waals surface area (Å²) < 4.78 is 5.49. The van der Waals surface area contributed by atoms with E-state index in [1.807, 2.05) is 0 Å². The fourth-order valence-corrected chi connectivity index (χ4v) is 1.56. The predicted octanol–water partition coefficient (Wildman–Crippen LogP) is 1.40. The number of phenols is 3. The molecule has 0 aliphatic heterocycles. The maximum absolute atomic E-state index is 9.92. The van der Waals surface area contributed by atoms with Gasteiger partial charge < -0.3 is 25.8 Å². The second-order valence-electron chi connectivity index (χ2n) is 4.00. The molecule has 0 heterocycles. The number of hydrogen-bond donors (Lipinski definition) is 4. The van der Waals surface area contributed by atoms with Crippen LogP contribution in [0.4, 0.5) is 0 Å². The summed E-state index contributed by atoms with van der Waals surface area (Å²) in [6.07, 6.45) is 0.148. The first-order chi connectivity index (χ1) is 7.93. The van der Waals surface area contributed by atoms with E-state index in [-0.39, 0.29) is 34.7 Å². The molecular formula is C12H19NO4. The molecule has 0 radical (unpaired) electrons. The molecule has 1 aromatic carbocycles. The molecule has 0 spiro atoms. The lowest BCUT2D eigenvalue weighted by atomic mass is 10.0. The highest BCUT2D eigenvalue weighted by atomic mass is 16.5. The van der Waals surface area contributed by atoms with Crippen LogP contribution in [0.2, 0.25) is 0 Å². The Hall–Kier alpha value is -1.62. The van der Waals surface area contributed by atoms with Crippen LogP contribution in [0.5, 0.6) is 23.0 Å². The maximum atomic E-state index is 9.92. The smallest absolute Gasteiger partial charge is 0.168 e. The van der Waals surface area contributed by atoms with Gasteiger partial charge in [-0.25, -0.2) is 0 Å². The van der Waals surface area contributed by atoms with Gasteiger partial charge in [-0.1, -0.05) is 6.92 Å². The summed E-state index contributed by atoms with van der Waals surface area (Å²) in [4.78, 5) is 0. The van der Waals surface area contributed by atoms with Gasteiger partial charge in [0.15, 0.2) is 23.0 Å². The van der Waals surface area contributed by atoms with Crippen molar-refractivity contribution < 1.29 is 20.1 Å². The number of phenolic OH excluding ortho intramolecular Hbond substituents is 3. The number of benzene rings is 1. The zero-order valence-corrected chi connectivity index (χ0v) is 10.3. The van der Waals surface area contributed by atoms with E-state index in [4.69, 9.17) is 10.5 Å². The predicted molar refractivity (Wildman–Crippen MR) is 64.7 cm³/mol. The second kappa shape index (κ2) is 5.14. The average Bonchev–Trinajstić information content (AvgIpc) is 2.33.